The second-order valence-electron chi connectivity index (χ2n) is 5.81. The zero-order valence-electron chi connectivity index (χ0n) is 10.0. The van der Waals surface area contributed by atoms with E-state index in [1.807, 2.05) is 6.92 Å². The van der Waals surface area contributed by atoms with Crippen molar-refractivity contribution in [1.82, 2.24) is 4.90 Å². The number of nitrogens with two attached hydrogens (primary N) is 1. The summed E-state index contributed by atoms with van der Waals surface area (Å²) < 4.78 is 0. The molecule has 84 valence electrons. The van der Waals surface area contributed by atoms with Gasteiger partial charge in [-0.3, -0.25) is 4.90 Å². The van der Waals surface area contributed by atoms with Gasteiger partial charge in [-0.1, -0.05) is 6.92 Å². The van der Waals surface area contributed by atoms with Crippen LogP contribution in [0.1, 0.15) is 34.6 Å². The van der Waals surface area contributed by atoms with E-state index in [9.17, 15) is 5.11 Å². The minimum absolute atomic E-state index is 0.141. The zero-order valence-corrected chi connectivity index (χ0v) is 10.0. The van der Waals surface area contributed by atoms with Gasteiger partial charge in [0.15, 0.2) is 0 Å². The Morgan fingerprint density at radius 3 is 2.21 bits per heavy atom. The molecule has 3 atom stereocenters. The lowest BCUT2D eigenvalue weighted by Gasteiger charge is -2.50. The molecule has 0 aromatic rings. The molecule has 1 rings (SSSR count). The van der Waals surface area contributed by atoms with E-state index in [0.29, 0.717) is 0 Å². The fourth-order valence-electron chi connectivity index (χ4n) is 1.93. The normalized spacial score (nSPS) is 41.4. The van der Waals surface area contributed by atoms with Gasteiger partial charge in [-0.05, 0) is 33.6 Å². The van der Waals surface area contributed by atoms with Crippen LogP contribution in [0.5, 0.6) is 0 Å². The van der Waals surface area contributed by atoms with Crippen LogP contribution >= 0.6 is 0 Å². The van der Waals surface area contributed by atoms with Gasteiger partial charge in [-0.15, -0.1) is 0 Å². The second kappa shape index (κ2) is 3.47. The Hall–Kier alpha value is -0.120. The molecule has 0 spiro atoms. The smallest absolute Gasteiger partial charge is 0.0819 e. The fraction of sp³-hybridized carbons (Fsp3) is 1.00. The average Bonchev–Trinajstić information content (AvgIpc) is 1.98. The molecule has 1 aliphatic rings. The molecular formula is C11H24N2O. The quantitative estimate of drug-likeness (QED) is 0.608. The highest BCUT2D eigenvalue weighted by atomic mass is 16.3. The van der Waals surface area contributed by atoms with E-state index in [-0.39, 0.29) is 17.5 Å². The largest absolute Gasteiger partial charge is 0.388 e. The maximum Gasteiger partial charge on any atom is 0.0819 e. The lowest BCUT2D eigenvalue weighted by atomic mass is 9.79. The van der Waals surface area contributed by atoms with E-state index in [1.54, 1.807) is 0 Å². The molecule has 0 saturated carbocycles. The Morgan fingerprint density at radius 1 is 1.36 bits per heavy atom. The van der Waals surface area contributed by atoms with Gasteiger partial charge in [0.1, 0.15) is 0 Å². The number of nitrogens with zero attached hydrogens (tertiary/aromatic N) is 1. The van der Waals surface area contributed by atoms with Crippen LogP contribution in [0.25, 0.3) is 0 Å². The molecule has 0 bridgehead atoms. The van der Waals surface area contributed by atoms with Crippen LogP contribution in [0.3, 0.4) is 0 Å². The van der Waals surface area contributed by atoms with Crippen molar-refractivity contribution in [2.75, 3.05) is 13.1 Å². The standard InChI is InChI=1S/C11H24N2O/c1-8-6-13(10(2,3)4)7-9(12)11(8,5)14/h8-9,14H,6-7,12H2,1-5H3/t8-,9+,11+/m0/s1. The number of aliphatic hydroxyl groups is 1. The van der Waals surface area contributed by atoms with Crippen molar-refractivity contribution < 1.29 is 5.11 Å². The molecule has 3 N–H and O–H groups in total. The summed E-state index contributed by atoms with van der Waals surface area (Å²) in [6, 6.07) is -0.148. The van der Waals surface area contributed by atoms with Crippen LogP contribution in [-0.2, 0) is 0 Å². The summed E-state index contributed by atoms with van der Waals surface area (Å²) in [6.45, 7) is 12.2. The summed E-state index contributed by atoms with van der Waals surface area (Å²) in [5.41, 5.74) is 5.42. The maximum absolute atomic E-state index is 10.1. The predicted octanol–water partition coefficient (Wildman–Crippen LogP) is 0.815. The third-order valence-corrected chi connectivity index (χ3v) is 3.61. The van der Waals surface area contributed by atoms with Gasteiger partial charge in [0.05, 0.1) is 5.60 Å². The molecule has 0 aromatic carbocycles. The van der Waals surface area contributed by atoms with Gasteiger partial charge in [0, 0.05) is 24.7 Å². The van der Waals surface area contributed by atoms with Gasteiger partial charge >= 0.3 is 0 Å². The van der Waals surface area contributed by atoms with Crippen LogP contribution in [0.4, 0.5) is 0 Å². The van der Waals surface area contributed by atoms with Crippen LogP contribution < -0.4 is 5.73 Å². The van der Waals surface area contributed by atoms with Crippen LogP contribution in [0.2, 0.25) is 0 Å². The Bertz CT molecular complexity index is 194. The summed E-state index contributed by atoms with van der Waals surface area (Å²) in [4.78, 5) is 2.35. The lowest BCUT2D eigenvalue weighted by Crippen LogP contribution is -2.65. The molecular weight excluding hydrogens is 176 g/mol. The first-order valence-electron chi connectivity index (χ1n) is 5.38. The molecule has 0 aromatic heterocycles. The Balaban J connectivity index is 2.76. The first-order valence-corrected chi connectivity index (χ1v) is 5.38. The van der Waals surface area contributed by atoms with E-state index in [2.05, 4.69) is 32.6 Å². The van der Waals surface area contributed by atoms with Gasteiger partial charge in [-0.2, -0.15) is 0 Å². The molecule has 3 nitrogen and oxygen atoms in total. The Labute approximate surface area is 87.3 Å². The summed E-state index contributed by atoms with van der Waals surface area (Å²) in [5, 5.41) is 10.1. The van der Waals surface area contributed by atoms with E-state index < -0.39 is 5.60 Å². The molecule has 1 saturated heterocycles. The highest BCUT2D eigenvalue weighted by molar-refractivity contribution is 4.99. The van der Waals surface area contributed by atoms with Crippen molar-refractivity contribution in [3.8, 4) is 0 Å². The molecule has 0 amide bonds. The highest BCUT2D eigenvalue weighted by Gasteiger charge is 2.43. The van der Waals surface area contributed by atoms with Crippen molar-refractivity contribution in [3.05, 3.63) is 0 Å². The SMILES string of the molecule is C[C@H]1CN(C(C)(C)C)C[C@@H](N)[C@]1(C)O. The molecule has 1 aliphatic heterocycles. The van der Waals surface area contributed by atoms with E-state index >= 15 is 0 Å². The molecule has 1 fully saturated rings. The van der Waals surface area contributed by atoms with Gasteiger partial charge in [-0.25, -0.2) is 0 Å². The number of piperidine rings is 1. The molecule has 0 radical (unpaired) electrons. The Kier molecular flexibility index (Phi) is 2.96. The van der Waals surface area contributed by atoms with E-state index in [0.717, 1.165) is 13.1 Å². The van der Waals surface area contributed by atoms with E-state index in [4.69, 9.17) is 5.73 Å². The van der Waals surface area contributed by atoms with Gasteiger partial charge < -0.3 is 10.8 Å². The minimum atomic E-state index is -0.720. The molecule has 0 aliphatic carbocycles. The number of rotatable bonds is 0. The van der Waals surface area contributed by atoms with Crippen molar-refractivity contribution in [1.29, 1.82) is 0 Å². The third-order valence-electron chi connectivity index (χ3n) is 3.61. The molecule has 1 heterocycles. The average molecular weight is 200 g/mol. The first kappa shape index (κ1) is 12.0. The van der Waals surface area contributed by atoms with Gasteiger partial charge in [0.25, 0.3) is 0 Å². The van der Waals surface area contributed by atoms with Crippen LogP contribution in [0.15, 0.2) is 0 Å². The summed E-state index contributed by atoms with van der Waals surface area (Å²) in [6.07, 6.45) is 0. The molecule has 14 heavy (non-hydrogen) atoms. The molecule has 0 unspecified atom stereocenters. The van der Waals surface area contributed by atoms with Gasteiger partial charge in [0.2, 0.25) is 0 Å². The third kappa shape index (κ3) is 2.10. The topological polar surface area (TPSA) is 49.5 Å². The molecule has 3 heteroatoms. The van der Waals surface area contributed by atoms with Crippen LogP contribution in [0, 0.1) is 5.92 Å². The maximum atomic E-state index is 10.1. The van der Waals surface area contributed by atoms with E-state index in [1.165, 1.54) is 0 Å². The number of hydrogen-bond acceptors (Lipinski definition) is 3. The van der Waals surface area contributed by atoms with Crippen LogP contribution in [-0.4, -0.2) is 40.3 Å². The summed E-state index contributed by atoms with van der Waals surface area (Å²) in [7, 11) is 0. The summed E-state index contributed by atoms with van der Waals surface area (Å²) in [5.74, 6) is 0.227. The lowest BCUT2D eigenvalue weighted by molar-refractivity contribution is -0.0851. The monoisotopic (exact) mass is 200 g/mol. The van der Waals surface area contributed by atoms with Crippen molar-refractivity contribution in [2.45, 2.75) is 51.8 Å². The number of hydrogen-bond donors (Lipinski definition) is 2. The number of likely N-dealkylation sites (tertiary alicyclic amines) is 1. The fourth-order valence-corrected chi connectivity index (χ4v) is 1.93. The van der Waals surface area contributed by atoms with Crippen molar-refractivity contribution in [2.24, 2.45) is 11.7 Å². The minimum Gasteiger partial charge on any atom is -0.388 e. The predicted molar refractivity (Wildman–Crippen MR) is 59.1 cm³/mol. The van der Waals surface area contributed by atoms with Crippen molar-refractivity contribution in [3.63, 3.8) is 0 Å². The Morgan fingerprint density at radius 2 is 1.86 bits per heavy atom. The first-order chi connectivity index (χ1) is 6.15. The van der Waals surface area contributed by atoms with Crippen molar-refractivity contribution >= 4 is 0 Å². The summed E-state index contributed by atoms with van der Waals surface area (Å²) >= 11 is 0. The highest BCUT2D eigenvalue weighted by Crippen LogP contribution is 2.30. The second-order valence-corrected chi connectivity index (χ2v) is 5.81. The zero-order chi connectivity index (χ0) is 11.1.